The van der Waals surface area contributed by atoms with Crippen molar-refractivity contribution >= 4 is 11.4 Å². The predicted molar refractivity (Wildman–Crippen MR) is 67.3 cm³/mol. The minimum absolute atomic E-state index is 0.403. The average molecular weight is 237 g/mol. The molecule has 0 bridgehead atoms. The SMILES string of the molecule is CCNc1cncc(NCC2(O)CCOC2)c1. The van der Waals surface area contributed by atoms with E-state index in [2.05, 4.69) is 15.6 Å². The van der Waals surface area contributed by atoms with Gasteiger partial charge in [0.15, 0.2) is 0 Å². The number of hydrogen-bond donors (Lipinski definition) is 3. The molecule has 94 valence electrons. The Bertz CT molecular complexity index is 365. The third-order valence-electron chi connectivity index (χ3n) is 2.82. The maximum atomic E-state index is 10.1. The van der Waals surface area contributed by atoms with Gasteiger partial charge in [-0.15, -0.1) is 0 Å². The Balaban J connectivity index is 1.91. The van der Waals surface area contributed by atoms with Crippen molar-refractivity contribution in [2.24, 2.45) is 0 Å². The standard InChI is InChI=1S/C12H19N3O2/c1-2-14-10-5-11(7-13-6-10)15-8-12(16)3-4-17-9-12/h5-7,14-16H,2-4,8-9H2,1H3. The van der Waals surface area contributed by atoms with Crippen molar-refractivity contribution in [1.29, 1.82) is 0 Å². The van der Waals surface area contributed by atoms with Gasteiger partial charge in [-0.2, -0.15) is 0 Å². The van der Waals surface area contributed by atoms with E-state index < -0.39 is 5.60 Å². The van der Waals surface area contributed by atoms with Crippen LogP contribution < -0.4 is 10.6 Å². The van der Waals surface area contributed by atoms with Crippen molar-refractivity contribution in [2.75, 3.05) is 36.9 Å². The molecular formula is C12H19N3O2. The molecule has 0 aromatic carbocycles. The van der Waals surface area contributed by atoms with E-state index in [-0.39, 0.29) is 0 Å². The summed E-state index contributed by atoms with van der Waals surface area (Å²) in [7, 11) is 0. The van der Waals surface area contributed by atoms with E-state index >= 15 is 0 Å². The zero-order valence-corrected chi connectivity index (χ0v) is 10.1. The first kappa shape index (κ1) is 12.1. The lowest BCUT2D eigenvalue weighted by atomic mass is 10.0. The molecule has 1 aromatic rings. The molecule has 17 heavy (non-hydrogen) atoms. The van der Waals surface area contributed by atoms with Crippen LogP contribution in [0.4, 0.5) is 11.4 Å². The molecule has 1 aliphatic heterocycles. The summed E-state index contributed by atoms with van der Waals surface area (Å²) in [6.45, 7) is 4.43. The van der Waals surface area contributed by atoms with Gasteiger partial charge in [-0.3, -0.25) is 4.98 Å². The summed E-state index contributed by atoms with van der Waals surface area (Å²) >= 11 is 0. The second-order valence-corrected chi connectivity index (χ2v) is 4.37. The number of aliphatic hydroxyl groups is 1. The molecule has 5 nitrogen and oxygen atoms in total. The van der Waals surface area contributed by atoms with Gasteiger partial charge >= 0.3 is 0 Å². The third kappa shape index (κ3) is 3.31. The van der Waals surface area contributed by atoms with Crippen LogP contribution in [-0.4, -0.2) is 42.0 Å². The minimum atomic E-state index is -0.742. The van der Waals surface area contributed by atoms with E-state index in [0.717, 1.165) is 17.9 Å². The molecule has 2 rings (SSSR count). The average Bonchev–Trinajstić information content (AvgIpc) is 2.76. The van der Waals surface area contributed by atoms with Crippen molar-refractivity contribution in [2.45, 2.75) is 18.9 Å². The number of rotatable bonds is 5. The van der Waals surface area contributed by atoms with Gasteiger partial charge in [0.2, 0.25) is 0 Å². The van der Waals surface area contributed by atoms with Crippen molar-refractivity contribution in [3.63, 3.8) is 0 Å². The van der Waals surface area contributed by atoms with Gasteiger partial charge < -0.3 is 20.5 Å². The molecular weight excluding hydrogens is 218 g/mol. The van der Waals surface area contributed by atoms with E-state index in [1.54, 1.807) is 12.4 Å². The Kier molecular flexibility index (Phi) is 3.81. The molecule has 1 atom stereocenters. The molecule has 1 unspecified atom stereocenters. The summed E-state index contributed by atoms with van der Waals surface area (Å²) in [4.78, 5) is 4.13. The lowest BCUT2D eigenvalue weighted by molar-refractivity contribution is 0.0382. The second kappa shape index (κ2) is 5.33. The highest BCUT2D eigenvalue weighted by Crippen LogP contribution is 2.20. The molecule has 0 aliphatic carbocycles. The van der Waals surface area contributed by atoms with Gasteiger partial charge in [0.05, 0.1) is 30.4 Å². The van der Waals surface area contributed by atoms with E-state index in [4.69, 9.17) is 4.74 Å². The quantitative estimate of drug-likeness (QED) is 0.715. The molecule has 0 saturated carbocycles. The van der Waals surface area contributed by atoms with Crippen LogP contribution in [0.2, 0.25) is 0 Å². The molecule has 0 amide bonds. The lowest BCUT2D eigenvalue weighted by Gasteiger charge is -2.21. The fourth-order valence-corrected chi connectivity index (χ4v) is 1.84. The number of aromatic nitrogens is 1. The number of nitrogens with one attached hydrogen (secondary N) is 2. The van der Waals surface area contributed by atoms with Gasteiger partial charge in [-0.1, -0.05) is 0 Å². The van der Waals surface area contributed by atoms with Crippen LogP contribution in [0.3, 0.4) is 0 Å². The second-order valence-electron chi connectivity index (χ2n) is 4.37. The number of hydrogen-bond acceptors (Lipinski definition) is 5. The van der Waals surface area contributed by atoms with Gasteiger partial charge in [0, 0.05) is 26.1 Å². The number of ether oxygens (including phenoxy) is 1. The Labute approximate surface area is 101 Å². The first-order chi connectivity index (χ1) is 8.22. The largest absolute Gasteiger partial charge is 0.386 e. The maximum absolute atomic E-state index is 10.1. The van der Waals surface area contributed by atoms with Crippen LogP contribution >= 0.6 is 0 Å². The molecule has 1 aliphatic rings. The molecule has 1 saturated heterocycles. The van der Waals surface area contributed by atoms with Crippen LogP contribution in [0.1, 0.15) is 13.3 Å². The summed E-state index contributed by atoms with van der Waals surface area (Å²) in [5.74, 6) is 0. The normalized spacial score (nSPS) is 23.6. The Morgan fingerprint density at radius 3 is 2.82 bits per heavy atom. The number of anilines is 2. The topological polar surface area (TPSA) is 66.4 Å². The summed E-state index contributed by atoms with van der Waals surface area (Å²) in [6, 6.07) is 1.98. The Hall–Kier alpha value is -1.33. The highest BCUT2D eigenvalue weighted by Gasteiger charge is 2.31. The van der Waals surface area contributed by atoms with E-state index in [9.17, 15) is 5.11 Å². The molecule has 0 radical (unpaired) electrons. The first-order valence-corrected chi connectivity index (χ1v) is 5.95. The van der Waals surface area contributed by atoms with Gasteiger partial charge in [0.1, 0.15) is 5.60 Å². The van der Waals surface area contributed by atoms with Gasteiger partial charge in [-0.25, -0.2) is 0 Å². The zero-order valence-electron chi connectivity index (χ0n) is 10.1. The van der Waals surface area contributed by atoms with Gasteiger partial charge in [0.25, 0.3) is 0 Å². The summed E-state index contributed by atoms with van der Waals surface area (Å²) in [5, 5.41) is 16.5. The fourth-order valence-electron chi connectivity index (χ4n) is 1.84. The summed E-state index contributed by atoms with van der Waals surface area (Å²) < 4.78 is 5.19. The third-order valence-corrected chi connectivity index (χ3v) is 2.82. The molecule has 2 heterocycles. The first-order valence-electron chi connectivity index (χ1n) is 5.95. The van der Waals surface area contributed by atoms with Crippen molar-refractivity contribution < 1.29 is 9.84 Å². The van der Waals surface area contributed by atoms with Crippen LogP contribution in [0, 0.1) is 0 Å². The van der Waals surface area contributed by atoms with E-state index in [0.29, 0.717) is 26.2 Å². The van der Waals surface area contributed by atoms with Crippen molar-refractivity contribution in [1.82, 2.24) is 4.98 Å². The van der Waals surface area contributed by atoms with Crippen LogP contribution in [0.15, 0.2) is 18.5 Å². The number of nitrogens with zero attached hydrogens (tertiary/aromatic N) is 1. The molecule has 0 spiro atoms. The smallest absolute Gasteiger partial charge is 0.107 e. The lowest BCUT2D eigenvalue weighted by Crippen LogP contribution is -2.37. The van der Waals surface area contributed by atoms with Crippen LogP contribution in [0.25, 0.3) is 0 Å². The van der Waals surface area contributed by atoms with E-state index in [1.165, 1.54) is 0 Å². The predicted octanol–water partition coefficient (Wildman–Crippen LogP) is 1.08. The van der Waals surface area contributed by atoms with Crippen LogP contribution in [0.5, 0.6) is 0 Å². The van der Waals surface area contributed by atoms with Crippen molar-refractivity contribution in [3.05, 3.63) is 18.5 Å². The molecule has 1 aromatic heterocycles. The number of pyridine rings is 1. The van der Waals surface area contributed by atoms with Crippen LogP contribution in [-0.2, 0) is 4.74 Å². The van der Waals surface area contributed by atoms with Crippen molar-refractivity contribution in [3.8, 4) is 0 Å². The summed E-state index contributed by atoms with van der Waals surface area (Å²) in [6.07, 6.45) is 4.21. The zero-order chi connectivity index (χ0) is 12.1. The fraction of sp³-hybridized carbons (Fsp3) is 0.583. The van der Waals surface area contributed by atoms with E-state index in [1.807, 2.05) is 13.0 Å². The molecule has 1 fully saturated rings. The molecule has 5 heteroatoms. The Morgan fingerprint density at radius 1 is 1.41 bits per heavy atom. The minimum Gasteiger partial charge on any atom is -0.386 e. The summed E-state index contributed by atoms with van der Waals surface area (Å²) in [5.41, 5.74) is 1.14. The Morgan fingerprint density at radius 2 is 2.18 bits per heavy atom. The molecule has 3 N–H and O–H groups in total. The monoisotopic (exact) mass is 237 g/mol. The highest BCUT2D eigenvalue weighted by atomic mass is 16.5. The highest BCUT2D eigenvalue weighted by molar-refractivity contribution is 5.54. The van der Waals surface area contributed by atoms with Gasteiger partial charge in [-0.05, 0) is 13.0 Å². The maximum Gasteiger partial charge on any atom is 0.107 e.